The zero-order valence-corrected chi connectivity index (χ0v) is 9.80. The number of likely N-dealkylation sites (N-methyl/N-ethyl adjacent to an activating group) is 1. The first-order valence-corrected chi connectivity index (χ1v) is 5.36. The minimum Gasteiger partial charge on any atom is -0.465 e. The highest BCUT2D eigenvalue weighted by Gasteiger charge is 2.07. The molecule has 5 nitrogen and oxygen atoms in total. The summed E-state index contributed by atoms with van der Waals surface area (Å²) in [7, 11) is 1.56. The molecule has 0 fully saturated rings. The predicted octanol–water partition coefficient (Wildman–Crippen LogP) is 2.29. The van der Waals surface area contributed by atoms with E-state index in [1.165, 1.54) is 4.90 Å². The Kier molecular flexibility index (Phi) is 2.99. The molecule has 0 atom stereocenters. The number of benzene rings is 1. The molecule has 0 spiro atoms. The summed E-state index contributed by atoms with van der Waals surface area (Å²) in [6.07, 6.45) is -0.250. The average Bonchev–Trinajstić information content (AvgIpc) is 2.64. The van der Waals surface area contributed by atoms with Crippen LogP contribution < -0.4 is 0 Å². The van der Waals surface area contributed by atoms with Crippen LogP contribution in [-0.4, -0.2) is 34.7 Å². The highest BCUT2D eigenvalue weighted by Crippen LogP contribution is 2.17. The van der Waals surface area contributed by atoms with Gasteiger partial charge in [-0.2, -0.15) is 0 Å². The Morgan fingerprint density at radius 1 is 1.53 bits per heavy atom. The smallest absolute Gasteiger partial charge is 0.407 e. The maximum atomic E-state index is 10.6. The molecule has 90 valence electrons. The van der Waals surface area contributed by atoms with Crippen LogP contribution in [0.2, 0.25) is 0 Å². The molecule has 1 aromatic heterocycles. The number of nitrogens with zero attached hydrogens (tertiary/aromatic N) is 2. The maximum absolute atomic E-state index is 10.6. The van der Waals surface area contributed by atoms with Gasteiger partial charge in [0, 0.05) is 20.5 Å². The summed E-state index contributed by atoms with van der Waals surface area (Å²) in [5.74, 6) is 0.639. The second-order valence-corrected chi connectivity index (χ2v) is 3.99. The van der Waals surface area contributed by atoms with Crippen molar-refractivity contribution in [3.63, 3.8) is 0 Å². The highest BCUT2D eigenvalue weighted by molar-refractivity contribution is 5.73. The van der Waals surface area contributed by atoms with Gasteiger partial charge in [0.1, 0.15) is 5.52 Å². The van der Waals surface area contributed by atoms with E-state index in [4.69, 9.17) is 9.52 Å². The molecular formula is C12H14N2O3. The zero-order valence-electron chi connectivity index (χ0n) is 9.80. The summed E-state index contributed by atoms with van der Waals surface area (Å²) >= 11 is 0. The fourth-order valence-electron chi connectivity index (χ4n) is 1.63. The van der Waals surface area contributed by atoms with Gasteiger partial charge in [-0.25, -0.2) is 9.78 Å². The van der Waals surface area contributed by atoms with Crippen LogP contribution in [0.3, 0.4) is 0 Å². The Labute approximate surface area is 98.7 Å². The number of hydrogen-bond donors (Lipinski definition) is 1. The summed E-state index contributed by atoms with van der Waals surface area (Å²) in [6.45, 7) is 2.27. The standard InChI is InChI=1S/C12H14N2O3/c1-8-13-10-4-3-9(7-11(10)17-8)5-6-14(2)12(15)16/h3-4,7H,5-6H2,1-2H3,(H,15,16). The topological polar surface area (TPSA) is 66.6 Å². The zero-order chi connectivity index (χ0) is 12.4. The van der Waals surface area contributed by atoms with Gasteiger partial charge in [-0.1, -0.05) is 6.07 Å². The van der Waals surface area contributed by atoms with Crippen molar-refractivity contribution in [2.24, 2.45) is 0 Å². The Bertz CT molecular complexity index is 548. The van der Waals surface area contributed by atoms with Crippen molar-refractivity contribution >= 4 is 17.2 Å². The van der Waals surface area contributed by atoms with Gasteiger partial charge in [0.25, 0.3) is 0 Å². The van der Waals surface area contributed by atoms with E-state index in [2.05, 4.69) is 4.98 Å². The fourth-order valence-corrected chi connectivity index (χ4v) is 1.63. The third-order valence-electron chi connectivity index (χ3n) is 2.62. The minimum absolute atomic E-state index is 0.466. The van der Waals surface area contributed by atoms with Crippen molar-refractivity contribution in [1.29, 1.82) is 0 Å². The summed E-state index contributed by atoms with van der Waals surface area (Å²) in [5, 5.41) is 8.73. The summed E-state index contributed by atoms with van der Waals surface area (Å²) in [4.78, 5) is 16.1. The van der Waals surface area contributed by atoms with Gasteiger partial charge < -0.3 is 14.4 Å². The van der Waals surface area contributed by atoms with Gasteiger partial charge in [-0.3, -0.25) is 0 Å². The molecule has 0 saturated carbocycles. The molecule has 5 heteroatoms. The second kappa shape index (κ2) is 4.45. The molecule has 2 rings (SSSR count). The van der Waals surface area contributed by atoms with Gasteiger partial charge in [0.15, 0.2) is 11.5 Å². The number of hydrogen-bond acceptors (Lipinski definition) is 3. The van der Waals surface area contributed by atoms with Crippen LogP contribution in [0.4, 0.5) is 4.79 Å². The number of carboxylic acid groups (broad SMARTS) is 1. The van der Waals surface area contributed by atoms with Crippen molar-refractivity contribution in [3.05, 3.63) is 29.7 Å². The highest BCUT2D eigenvalue weighted by atomic mass is 16.4. The van der Waals surface area contributed by atoms with Crippen molar-refractivity contribution in [1.82, 2.24) is 9.88 Å². The second-order valence-electron chi connectivity index (χ2n) is 3.99. The maximum Gasteiger partial charge on any atom is 0.407 e. The first-order chi connectivity index (χ1) is 8.06. The number of rotatable bonds is 3. The molecule has 0 unspecified atom stereocenters. The largest absolute Gasteiger partial charge is 0.465 e. The lowest BCUT2D eigenvalue weighted by atomic mass is 10.1. The Morgan fingerprint density at radius 2 is 2.29 bits per heavy atom. The third kappa shape index (κ3) is 2.55. The minimum atomic E-state index is -0.915. The quantitative estimate of drug-likeness (QED) is 0.884. The number of amides is 1. The fraction of sp³-hybridized carbons (Fsp3) is 0.333. The Balaban J connectivity index is 2.11. The lowest BCUT2D eigenvalue weighted by Gasteiger charge is -2.12. The summed E-state index contributed by atoms with van der Waals surface area (Å²) < 4.78 is 5.42. The first-order valence-electron chi connectivity index (χ1n) is 5.36. The van der Waals surface area contributed by atoms with Crippen LogP contribution in [0.25, 0.3) is 11.1 Å². The lowest BCUT2D eigenvalue weighted by Crippen LogP contribution is -2.26. The van der Waals surface area contributed by atoms with E-state index in [9.17, 15) is 4.79 Å². The Morgan fingerprint density at radius 3 is 3.00 bits per heavy atom. The number of oxazole rings is 1. The van der Waals surface area contributed by atoms with Gasteiger partial charge in [-0.05, 0) is 24.1 Å². The first kappa shape index (κ1) is 11.4. The number of carbonyl (C=O) groups is 1. The summed E-state index contributed by atoms with van der Waals surface area (Å²) in [6, 6.07) is 5.74. The monoisotopic (exact) mass is 234 g/mol. The predicted molar refractivity (Wildman–Crippen MR) is 63.1 cm³/mol. The Hall–Kier alpha value is -2.04. The average molecular weight is 234 g/mol. The van der Waals surface area contributed by atoms with E-state index in [0.29, 0.717) is 18.9 Å². The SMILES string of the molecule is Cc1nc2ccc(CCN(C)C(=O)O)cc2o1. The molecule has 1 aromatic carbocycles. The van der Waals surface area contributed by atoms with E-state index >= 15 is 0 Å². The van der Waals surface area contributed by atoms with Crippen molar-refractivity contribution in [3.8, 4) is 0 Å². The van der Waals surface area contributed by atoms with Crippen LogP contribution >= 0.6 is 0 Å². The number of aryl methyl sites for hydroxylation is 1. The molecule has 1 N–H and O–H groups in total. The summed E-state index contributed by atoms with van der Waals surface area (Å²) in [5.41, 5.74) is 2.62. The van der Waals surface area contributed by atoms with Gasteiger partial charge in [0.05, 0.1) is 0 Å². The van der Waals surface area contributed by atoms with E-state index < -0.39 is 6.09 Å². The molecule has 17 heavy (non-hydrogen) atoms. The number of fused-ring (bicyclic) bond motifs is 1. The molecule has 2 aromatic rings. The van der Waals surface area contributed by atoms with Gasteiger partial charge >= 0.3 is 6.09 Å². The molecule has 0 aliphatic heterocycles. The molecule has 1 amide bonds. The molecule has 0 radical (unpaired) electrons. The molecule has 0 aliphatic carbocycles. The third-order valence-corrected chi connectivity index (χ3v) is 2.62. The number of aromatic nitrogens is 1. The van der Waals surface area contributed by atoms with Crippen LogP contribution in [0.1, 0.15) is 11.5 Å². The molecule has 0 aliphatic rings. The van der Waals surface area contributed by atoms with E-state index in [-0.39, 0.29) is 0 Å². The molecule has 0 bridgehead atoms. The molecule has 1 heterocycles. The molecule has 0 saturated heterocycles. The van der Waals surface area contributed by atoms with Gasteiger partial charge in [0.2, 0.25) is 0 Å². The van der Waals surface area contributed by atoms with Gasteiger partial charge in [-0.15, -0.1) is 0 Å². The van der Waals surface area contributed by atoms with Crippen LogP contribution in [0.5, 0.6) is 0 Å². The van der Waals surface area contributed by atoms with Crippen molar-refractivity contribution in [2.45, 2.75) is 13.3 Å². The lowest BCUT2D eigenvalue weighted by molar-refractivity contribution is 0.156. The molecular weight excluding hydrogens is 220 g/mol. The van der Waals surface area contributed by atoms with E-state index in [1.54, 1.807) is 14.0 Å². The van der Waals surface area contributed by atoms with Crippen LogP contribution in [-0.2, 0) is 6.42 Å². The van der Waals surface area contributed by atoms with Crippen LogP contribution in [0.15, 0.2) is 22.6 Å². The normalized spacial score (nSPS) is 10.7. The van der Waals surface area contributed by atoms with Crippen LogP contribution in [0, 0.1) is 6.92 Å². The van der Waals surface area contributed by atoms with E-state index in [0.717, 1.165) is 16.7 Å². The van der Waals surface area contributed by atoms with Crippen molar-refractivity contribution < 1.29 is 14.3 Å². The van der Waals surface area contributed by atoms with E-state index in [1.807, 2.05) is 18.2 Å². The van der Waals surface area contributed by atoms with Crippen molar-refractivity contribution in [2.75, 3.05) is 13.6 Å².